The predicted octanol–water partition coefficient (Wildman–Crippen LogP) is 29.3. The van der Waals surface area contributed by atoms with Crippen molar-refractivity contribution in [1.82, 2.24) is 17.5 Å². The molecule has 0 saturated carbocycles. The highest BCUT2D eigenvalue weighted by molar-refractivity contribution is 9.11. The van der Waals surface area contributed by atoms with Crippen LogP contribution in [0.2, 0.25) is 0 Å². The molecule has 0 radical (unpaired) electrons. The maximum absolute atomic E-state index is 7.41. The van der Waals surface area contributed by atoms with E-state index in [1.807, 2.05) is 22.7 Å². The standard InChI is InChI=1S/C78H120Br2N4O2S4/c1-7-13-19-25-29-31-33-35-39-45-51-85-75-65-57-63(67-55-61(77(79)87-67)53-59(47-41-23-17-11-5)49-43-37-27-21-15-9-3)72-74(84-90-82-72)70(65)76(86-52-46-40-36-34-32-30-26-20-14-8-2)66-58-64(71-73(69(66)75)83-89-81-71)68-56-62(78(80)88-68)54-60(48-42-24-18-12-6)50-44-38-28-22-16-10-4/h55-60H,7-54H2,1-6H3. The van der Waals surface area contributed by atoms with Crippen LogP contribution in [-0.2, 0) is 12.8 Å². The van der Waals surface area contributed by atoms with E-state index in [9.17, 15) is 0 Å². The number of hydrogen-bond donors (Lipinski definition) is 0. The van der Waals surface area contributed by atoms with E-state index >= 15 is 0 Å². The molecule has 0 aliphatic rings. The first-order chi connectivity index (χ1) is 44.3. The Bertz CT molecular complexity index is 2850. The Kier molecular flexibility index (Phi) is 37.2. The largest absolute Gasteiger partial charge is 0.492 e. The van der Waals surface area contributed by atoms with Crippen LogP contribution in [0.5, 0.6) is 11.5 Å². The van der Waals surface area contributed by atoms with Crippen LogP contribution in [0.25, 0.3) is 64.5 Å². The highest BCUT2D eigenvalue weighted by Gasteiger charge is 2.29. The molecule has 0 fully saturated rings. The van der Waals surface area contributed by atoms with E-state index in [0.29, 0.717) is 25.0 Å². The minimum absolute atomic E-state index is 0.634. The van der Waals surface area contributed by atoms with Crippen molar-refractivity contribution in [3.05, 3.63) is 43.0 Å². The van der Waals surface area contributed by atoms with Crippen LogP contribution in [0.4, 0.5) is 0 Å². The molecule has 6 nitrogen and oxygen atoms in total. The van der Waals surface area contributed by atoms with E-state index < -0.39 is 0 Å². The molecule has 7 aromatic rings. The molecular formula is C78H120Br2N4O2S4. The minimum atomic E-state index is 0.634. The van der Waals surface area contributed by atoms with E-state index in [-0.39, 0.29) is 0 Å². The Morgan fingerprint density at radius 3 is 0.911 bits per heavy atom. The maximum atomic E-state index is 7.41. The van der Waals surface area contributed by atoms with E-state index in [2.05, 4.69) is 97.7 Å². The van der Waals surface area contributed by atoms with Gasteiger partial charge < -0.3 is 9.47 Å². The fourth-order valence-electron chi connectivity index (χ4n) is 14.0. The highest BCUT2D eigenvalue weighted by atomic mass is 79.9. The van der Waals surface area contributed by atoms with Crippen LogP contribution in [0.15, 0.2) is 31.8 Å². The number of nitrogens with zero attached hydrogens (tertiary/aromatic N) is 4. The fraction of sp³-hybridized carbons (Fsp3) is 0.718. The summed E-state index contributed by atoms with van der Waals surface area (Å²) in [5.74, 6) is 3.14. The molecule has 0 amide bonds. The third kappa shape index (κ3) is 24.2. The van der Waals surface area contributed by atoms with E-state index in [1.165, 1.54) is 309 Å². The molecule has 0 aliphatic heterocycles. The monoisotopic (exact) mass is 1430 g/mol. The Balaban J connectivity index is 1.31. The summed E-state index contributed by atoms with van der Waals surface area (Å²) >= 11 is 14.8. The summed E-state index contributed by atoms with van der Waals surface area (Å²) in [5.41, 5.74) is 8.84. The molecule has 0 N–H and O–H groups in total. The highest BCUT2D eigenvalue weighted by Crippen LogP contribution is 2.53. The van der Waals surface area contributed by atoms with Gasteiger partial charge >= 0.3 is 0 Å². The number of aromatic nitrogens is 4. The molecule has 0 bridgehead atoms. The van der Waals surface area contributed by atoms with Crippen molar-refractivity contribution in [2.45, 2.75) is 337 Å². The molecule has 4 aromatic heterocycles. The molecular weight excluding hydrogens is 1310 g/mol. The van der Waals surface area contributed by atoms with E-state index in [1.54, 1.807) is 0 Å². The van der Waals surface area contributed by atoms with Crippen LogP contribution >= 0.6 is 78.0 Å². The number of hydrogen-bond acceptors (Lipinski definition) is 10. The summed E-state index contributed by atoms with van der Waals surface area (Å²) in [7, 11) is 0. The summed E-state index contributed by atoms with van der Waals surface area (Å²) in [6, 6.07) is 9.81. The Morgan fingerprint density at radius 2 is 0.600 bits per heavy atom. The van der Waals surface area contributed by atoms with Crippen molar-refractivity contribution in [2.75, 3.05) is 13.2 Å². The Labute approximate surface area is 581 Å². The molecule has 90 heavy (non-hydrogen) atoms. The normalized spacial score (nSPS) is 12.7. The SMILES string of the molecule is CCCCCCCCCCCCOc1c2cc(-c3cc(CC(CCCCCC)CCCCCCCC)c(Br)s3)c3nsnc3c2c(OCCCCCCCCCCCC)c2cc(-c3cc(CC(CCCCCC)CCCCCCCC)c(Br)s3)c3nsnc3c12. The third-order valence-electron chi connectivity index (χ3n) is 19.4. The average Bonchev–Trinajstić information content (AvgIpc) is 1.28. The molecule has 12 heteroatoms. The fourth-order valence-corrected chi connectivity index (χ4v) is 18.6. The lowest BCUT2D eigenvalue weighted by atomic mass is 9.89. The van der Waals surface area contributed by atoms with E-state index in [0.717, 1.165) is 105 Å². The minimum Gasteiger partial charge on any atom is -0.492 e. The lowest BCUT2D eigenvalue weighted by Crippen LogP contribution is -2.05. The van der Waals surface area contributed by atoms with Gasteiger partial charge in [0.05, 0.1) is 55.0 Å². The summed E-state index contributed by atoms with van der Waals surface area (Å²) in [5, 5.41) is 4.13. The zero-order valence-electron chi connectivity index (χ0n) is 57.4. The molecule has 0 aliphatic carbocycles. The first-order valence-electron chi connectivity index (χ1n) is 37.5. The topological polar surface area (TPSA) is 70.0 Å². The second-order valence-corrected chi connectivity index (χ2v) is 32.9. The average molecular weight is 1430 g/mol. The zero-order chi connectivity index (χ0) is 63.4. The molecule has 2 unspecified atom stereocenters. The summed E-state index contributed by atoms with van der Waals surface area (Å²) in [6.07, 6.45) is 59.8. The second kappa shape index (κ2) is 44.5. The second-order valence-electron chi connectivity index (χ2n) is 27.1. The van der Waals surface area contributed by atoms with Gasteiger partial charge in [0.1, 0.15) is 33.6 Å². The van der Waals surface area contributed by atoms with Gasteiger partial charge in [-0.3, -0.25) is 0 Å². The van der Waals surface area contributed by atoms with Crippen LogP contribution in [0.1, 0.15) is 335 Å². The zero-order valence-corrected chi connectivity index (χ0v) is 63.8. The van der Waals surface area contributed by atoms with Crippen LogP contribution < -0.4 is 9.47 Å². The van der Waals surface area contributed by atoms with Crippen LogP contribution in [0.3, 0.4) is 0 Å². The number of unbranched alkanes of at least 4 members (excludes halogenated alkanes) is 34. The van der Waals surface area contributed by atoms with Crippen LogP contribution in [0, 0.1) is 11.8 Å². The van der Waals surface area contributed by atoms with Crippen molar-refractivity contribution in [1.29, 1.82) is 0 Å². The van der Waals surface area contributed by atoms with Gasteiger partial charge in [-0.05, 0) is 105 Å². The number of ether oxygens (including phenoxy) is 2. The van der Waals surface area contributed by atoms with Crippen molar-refractivity contribution in [3.8, 4) is 32.4 Å². The van der Waals surface area contributed by atoms with Gasteiger partial charge in [-0.1, -0.05) is 311 Å². The number of thiophene rings is 2. The van der Waals surface area contributed by atoms with E-state index in [4.69, 9.17) is 27.0 Å². The molecule has 7 rings (SSSR count). The van der Waals surface area contributed by atoms with Gasteiger partial charge in [0, 0.05) is 31.7 Å². The molecule has 0 spiro atoms. The summed E-state index contributed by atoms with van der Waals surface area (Å²) in [6.45, 7) is 15.2. The van der Waals surface area contributed by atoms with Crippen molar-refractivity contribution < 1.29 is 9.47 Å². The smallest absolute Gasteiger partial charge is 0.137 e. The van der Waals surface area contributed by atoms with Crippen molar-refractivity contribution >= 4 is 122 Å². The Morgan fingerprint density at radius 1 is 0.333 bits per heavy atom. The van der Waals surface area contributed by atoms with Crippen molar-refractivity contribution in [3.63, 3.8) is 0 Å². The van der Waals surface area contributed by atoms with Gasteiger partial charge in [-0.25, -0.2) is 0 Å². The first kappa shape index (κ1) is 75.2. The van der Waals surface area contributed by atoms with Crippen molar-refractivity contribution in [2.24, 2.45) is 11.8 Å². The first-order valence-corrected chi connectivity index (χ1v) is 42.2. The molecule has 0 saturated heterocycles. The molecule has 3 aromatic carbocycles. The molecule has 2 atom stereocenters. The number of fused-ring (bicyclic) bond motifs is 6. The lowest BCUT2D eigenvalue weighted by Gasteiger charge is -2.20. The summed E-state index contributed by atoms with van der Waals surface area (Å²) in [4.78, 5) is 2.47. The van der Waals surface area contributed by atoms with Gasteiger partial charge in [-0.2, -0.15) is 17.5 Å². The molecule has 4 heterocycles. The maximum Gasteiger partial charge on any atom is 0.137 e. The Hall–Kier alpha value is -2.22. The van der Waals surface area contributed by atoms with Gasteiger partial charge in [0.2, 0.25) is 0 Å². The lowest BCUT2D eigenvalue weighted by molar-refractivity contribution is 0.306. The summed E-state index contributed by atoms with van der Waals surface area (Å²) < 4.78 is 38.4. The quantitative estimate of drug-likeness (QED) is 0.0279. The number of rotatable bonds is 54. The van der Waals surface area contributed by atoms with Gasteiger partial charge in [0.25, 0.3) is 0 Å². The third-order valence-corrected chi connectivity index (χ3v) is 24.5. The number of benzene rings is 3. The molecule has 502 valence electrons. The predicted molar refractivity (Wildman–Crippen MR) is 408 cm³/mol. The number of halogens is 2. The van der Waals surface area contributed by atoms with Gasteiger partial charge in [-0.15, -0.1) is 22.7 Å². The van der Waals surface area contributed by atoms with Crippen LogP contribution in [-0.4, -0.2) is 30.7 Å². The van der Waals surface area contributed by atoms with Gasteiger partial charge in [0.15, 0.2) is 0 Å².